The second-order valence-electron chi connectivity index (χ2n) is 21.9. The van der Waals surface area contributed by atoms with Crippen molar-refractivity contribution in [2.24, 2.45) is 5.41 Å². The van der Waals surface area contributed by atoms with Crippen LogP contribution in [-0.4, -0.2) is 130 Å². The van der Waals surface area contributed by atoms with Crippen LogP contribution >= 0.6 is 11.3 Å². The highest BCUT2D eigenvalue weighted by molar-refractivity contribution is 7.92. The Kier molecular flexibility index (Phi) is 19.3. The van der Waals surface area contributed by atoms with Crippen LogP contribution in [0, 0.1) is 5.41 Å². The maximum Gasteiger partial charge on any atom is 0.407 e. The lowest BCUT2D eigenvalue weighted by molar-refractivity contribution is -0.148. The van der Waals surface area contributed by atoms with E-state index < -0.39 is 56.1 Å². The molecule has 0 fully saturated rings. The fourth-order valence-corrected chi connectivity index (χ4v) is 11.6. The van der Waals surface area contributed by atoms with Gasteiger partial charge in [-0.25, -0.2) is 18.2 Å². The number of amides is 4. The molecule has 0 saturated heterocycles. The molecule has 2 aromatic heterocycles. The van der Waals surface area contributed by atoms with E-state index in [4.69, 9.17) is 28.4 Å². The molecule has 1 aliphatic carbocycles. The van der Waals surface area contributed by atoms with Crippen molar-refractivity contribution in [3.8, 4) is 11.5 Å². The summed E-state index contributed by atoms with van der Waals surface area (Å²) in [6.07, 6.45) is 2.56. The Bertz CT molecular complexity index is 3280. The number of benzene rings is 4. The number of nitrogens with zero attached hydrogens (tertiary/aromatic N) is 3. The first kappa shape index (κ1) is 59.2. The smallest absolute Gasteiger partial charge is 0.407 e. The third kappa shape index (κ3) is 14.5. The summed E-state index contributed by atoms with van der Waals surface area (Å²) in [4.78, 5) is 65.1. The summed E-state index contributed by atoms with van der Waals surface area (Å²) in [5, 5.41) is 12.5. The van der Waals surface area contributed by atoms with E-state index in [1.165, 1.54) is 19.5 Å². The van der Waals surface area contributed by atoms with Crippen molar-refractivity contribution in [2.75, 3.05) is 65.2 Å². The van der Waals surface area contributed by atoms with Crippen LogP contribution < -0.4 is 30.7 Å². The number of hydrogen-bond acceptors (Lipinski definition) is 16. The highest BCUT2D eigenvalue weighted by Crippen LogP contribution is 2.39. The van der Waals surface area contributed by atoms with Crippen LogP contribution in [-0.2, 0) is 62.6 Å². The van der Waals surface area contributed by atoms with Crippen molar-refractivity contribution < 1.29 is 56.0 Å². The number of fused-ring (bicyclic) bond motifs is 4. The zero-order valence-electron chi connectivity index (χ0n) is 46.7. The van der Waals surface area contributed by atoms with E-state index in [2.05, 4.69) is 37.3 Å². The molecule has 8 rings (SSSR count). The number of aryl methyl sites for hydroxylation is 1. The Hall–Kier alpha value is -6.91. The first-order chi connectivity index (χ1) is 38.2. The fourth-order valence-electron chi connectivity index (χ4n) is 9.61. The Morgan fingerprint density at radius 2 is 1.50 bits per heavy atom. The number of sulfone groups is 1. The first-order valence-corrected chi connectivity index (χ1v) is 29.3. The summed E-state index contributed by atoms with van der Waals surface area (Å²) < 4.78 is 62.4. The van der Waals surface area contributed by atoms with Gasteiger partial charge in [-0.1, -0.05) is 51.1 Å². The van der Waals surface area contributed by atoms with Gasteiger partial charge in [-0.3, -0.25) is 19.4 Å². The van der Waals surface area contributed by atoms with Crippen molar-refractivity contribution in [1.82, 2.24) is 30.8 Å². The topological polar surface area (TPSA) is 235 Å². The zero-order chi connectivity index (χ0) is 57.2. The Labute approximate surface area is 471 Å². The fraction of sp³-hybridized carbons (Fsp3) is 0.458. The van der Waals surface area contributed by atoms with Crippen molar-refractivity contribution in [3.63, 3.8) is 0 Å². The largest absolute Gasteiger partial charge is 0.491 e. The van der Waals surface area contributed by atoms with Gasteiger partial charge in [0.1, 0.15) is 41.7 Å². The SMILES string of the molecule is CNC(=O)O[C@@H](C)C(=O)N[C@H](C(=O)N1Cc2cc(OCCOCCOCCOCCOc3cc4nccc(Nc5ccc6scnc6c5)c4cc3S(=O)(=O)C(C)(C)C)ccc2C[C@H]1C(=O)N[C@@H]1CCCc2ccccc21)C(C)(C)C. The summed E-state index contributed by atoms with van der Waals surface area (Å²) in [7, 11) is -2.45. The molecule has 6 aromatic rings. The highest BCUT2D eigenvalue weighted by Gasteiger charge is 2.43. The minimum absolute atomic E-state index is 0.0657. The number of anilines is 2. The van der Waals surface area contributed by atoms with Crippen molar-refractivity contribution in [1.29, 1.82) is 0 Å². The molecule has 3 heterocycles. The summed E-state index contributed by atoms with van der Waals surface area (Å²) in [6, 6.07) is 22.6. The number of carbonyl (C=O) groups excluding carboxylic acids is 4. The number of ether oxygens (including phenoxy) is 6. The van der Waals surface area contributed by atoms with E-state index in [0.29, 0.717) is 42.2 Å². The second kappa shape index (κ2) is 26.1. The Morgan fingerprint density at radius 1 is 0.787 bits per heavy atom. The predicted octanol–water partition coefficient (Wildman–Crippen LogP) is 8.39. The molecular formula is C59H73N7O12S2. The molecular weight excluding hydrogens is 1060 g/mol. The van der Waals surface area contributed by atoms with Gasteiger partial charge in [0.2, 0.25) is 11.8 Å². The number of hydrogen-bond donors (Lipinski definition) is 4. The van der Waals surface area contributed by atoms with Gasteiger partial charge in [-0.2, -0.15) is 0 Å². The summed E-state index contributed by atoms with van der Waals surface area (Å²) in [6.45, 7) is 14.0. The van der Waals surface area contributed by atoms with E-state index in [9.17, 15) is 27.6 Å². The maximum absolute atomic E-state index is 14.8. The normalized spacial score (nSPS) is 16.2. The molecule has 0 radical (unpaired) electrons. The van der Waals surface area contributed by atoms with Gasteiger partial charge in [0, 0.05) is 49.0 Å². The molecule has 0 unspecified atom stereocenters. The molecule has 4 amide bonds. The molecule has 0 spiro atoms. The van der Waals surface area contributed by atoms with Gasteiger partial charge < -0.3 is 54.6 Å². The van der Waals surface area contributed by atoms with Crippen molar-refractivity contribution in [2.45, 2.75) is 115 Å². The number of nitrogens with one attached hydrogen (secondary N) is 4. The molecule has 0 bridgehead atoms. The molecule has 80 heavy (non-hydrogen) atoms. The number of rotatable bonds is 23. The van der Waals surface area contributed by atoms with Crippen LogP contribution in [0.25, 0.3) is 21.1 Å². The lowest BCUT2D eigenvalue weighted by Gasteiger charge is -2.41. The third-order valence-electron chi connectivity index (χ3n) is 14.1. The molecule has 4 N–H and O–H groups in total. The summed E-state index contributed by atoms with van der Waals surface area (Å²) in [5.74, 6) is -0.619. The minimum Gasteiger partial charge on any atom is -0.491 e. The van der Waals surface area contributed by atoms with Gasteiger partial charge in [0.05, 0.1) is 71.7 Å². The monoisotopic (exact) mass is 1140 g/mol. The first-order valence-electron chi connectivity index (χ1n) is 27.0. The van der Waals surface area contributed by atoms with Crippen LogP contribution in [0.15, 0.2) is 95.5 Å². The number of thiazole rings is 1. The van der Waals surface area contributed by atoms with Crippen LogP contribution in [0.4, 0.5) is 16.2 Å². The average molecular weight is 1140 g/mol. The maximum atomic E-state index is 14.8. The summed E-state index contributed by atoms with van der Waals surface area (Å²) >= 11 is 1.56. The molecule has 4 atom stereocenters. The third-order valence-corrected chi connectivity index (χ3v) is 17.4. The zero-order valence-corrected chi connectivity index (χ0v) is 48.4. The van der Waals surface area contributed by atoms with Crippen molar-refractivity contribution in [3.05, 3.63) is 113 Å². The standard InChI is InChI=1S/C59H73N7O12S2/c1-37(78-57(70)60-8)54(67)65-53(58(2,3)4)56(69)66-35-40-30-42(18-16-39(40)31-49(66)55(68)64-45-15-11-13-38-12-9-10-14-43(38)45)76-28-26-74-24-22-73-23-25-75-27-29-77-50-34-47-44(33-52(50)80(71,72)59(5,6)7)46(20-21-61-47)63-41-17-19-51-48(32-41)62-36-79-51/h9-10,12,14,16-21,30,32-34,36-37,45,49,53H,11,13,15,22-29,31,35H2,1-8H3,(H,60,70)(H,61,63)(H,64,68)(H,65,67)/t37-,45+,49-,53+/m0/s1. The van der Waals surface area contributed by atoms with Crippen LogP contribution in [0.3, 0.4) is 0 Å². The molecule has 4 aromatic carbocycles. The molecule has 428 valence electrons. The van der Waals surface area contributed by atoms with E-state index in [1.54, 1.807) is 66.9 Å². The lowest BCUT2D eigenvalue weighted by Crippen LogP contribution is -2.61. The number of alkyl carbamates (subject to hydrolysis) is 1. The number of carbonyl (C=O) groups is 4. The van der Waals surface area contributed by atoms with Gasteiger partial charge in [-0.15, -0.1) is 11.3 Å². The van der Waals surface area contributed by atoms with Gasteiger partial charge in [0.15, 0.2) is 15.9 Å². The predicted molar refractivity (Wildman–Crippen MR) is 306 cm³/mol. The van der Waals surface area contributed by atoms with Gasteiger partial charge in [-0.05, 0) is 117 Å². The molecule has 1 aliphatic heterocycles. The number of pyridine rings is 1. The van der Waals surface area contributed by atoms with Gasteiger partial charge in [0.25, 0.3) is 5.91 Å². The number of aromatic nitrogens is 2. The van der Waals surface area contributed by atoms with Crippen LogP contribution in [0.1, 0.15) is 89.6 Å². The van der Waals surface area contributed by atoms with E-state index >= 15 is 0 Å². The molecule has 19 nitrogen and oxygen atoms in total. The van der Waals surface area contributed by atoms with Gasteiger partial charge >= 0.3 is 6.09 Å². The quantitative estimate of drug-likeness (QED) is 0.0441. The highest BCUT2D eigenvalue weighted by atomic mass is 32.2. The Morgan fingerprint density at radius 3 is 2.21 bits per heavy atom. The van der Waals surface area contributed by atoms with E-state index in [1.807, 2.05) is 75.4 Å². The van der Waals surface area contributed by atoms with E-state index in [-0.39, 0.29) is 68.6 Å². The van der Waals surface area contributed by atoms with Crippen LogP contribution in [0.2, 0.25) is 0 Å². The lowest BCUT2D eigenvalue weighted by atomic mass is 9.83. The minimum atomic E-state index is -3.84. The average Bonchev–Trinajstić information content (AvgIpc) is 3.95. The summed E-state index contributed by atoms with van der Waals surface area (Å²) in [5.41, 5.74) is 7.91. The van der Waals surface area contributed by atoms with Crippen LogP contribution in [0.5, 0.6) is 11.5 Å². The second-order valence-corrected chi connectivity index (χ2v) is 25.4. The molecule has 21 heteroatoms. The molecule has 2 aliphatic rings. The van der Waals surface area contributed by atoms with E-state index in [0.717, 1.165) is 51.9 Å². The molecule has 0 saturated carbocycles. The Balaban J connectivity index is 0.804. The van der Waals surface area contributed by atoms with Crippen molar-refractivity contribution >= 4 is 77.5 Å².